The van der Waals surface area contributed by atoms with Gasteiger partial charge in [0.15, 0.2) is 17.3 Å². The van der Waals surface area contributed by atoms with Crippen LogP contribution in [0.25, 0.3) is 0 Å². The zero-order valence-electron chi connectivity index (χ0n) is 20.1. The SMILES string of the molecule is COC(=O)CCC(=O)CNC(=O)CC1SC(c2cccc(OC)c2OC)c2cc(Cl)ccc2NC1=O. The molecule has 9 nitrogen and oxygen atoms in total. The van der Waals surface area contributed by atoms with E-state index in [0.29, 0.717) is 22.2 Å². The first-order valence-electron chi connectivity index (χ1n) is 11.1. The van der Waals surface area contributed by atoms with Crippen molar-refractivity contribution < 1.29 is 33.4 Å². The molecule has 2 aromatic carbocycles. The van der Waals surface area contributed by atoms with E-state index in [1.807, 2.05) is 12.1 Å². The molecule has 0 fully saturated rings. The maximum Gasteiger partial charge on any atom is 0.305 e. The quantitative estimate of drug-likeness (QED) is 0.444. The molecule has 0 saturated carbocycles. The molecule has 0 aliphatic carbocycles. The van der Waals surface area contributed by atoms with Gasteiger partial charge in [-0.3, -0.25) is 19.2 Å². The second-order valence-electron chi connectivity index (χ2n) is 7.90. The Morgan fingerprint density at radius 3 is 2.53 bits per heavy atom. The zero-order chi connectivity index (χ0) is 26.2. The van der Waals surface area contributed by atoms with Gasteiger partial charge in [-0.1, -0.05) is 23.7 Å². The van der Waals surface area contributed by atoms with Crippen molar-refractivity contribution in [3.05, 3.63) is 52.5 Å². The minimum atomic E-state index is -0.776. The molecule has 1 aliphatic heterocycles. The first-order chi connectivity index (χ1) is 17.3. The van der Waals surface area contributed by atoms with Gasteiger partial charge in [0, 0.05) is 29.1 Å². The minimum absolute atomic E-state index is 0.0423. The number of methoxy groups -OCH3 is 3. The monoisotopic (exact) mass is 534 g/mol. The molecule has 3 rings (SSSR count). The molecule has 11 heteroatoms. The molecule has 1 heterocycles. The summed E-state index contributed by atoms with van der Waals surface area (Å²) in [5, 5.41) is 4.73. The fourth-order valence-electron chi connectivity index (χ4n) is 3.75. The molecular weight excluding hydrogens is 508 g/mol. The van der Waals surface area contributed by atoms with Crippen LogP contribution >= 0.6 is 23.4 Å². The number of rotatable bonds is 10. The lowest BCUT2D eigenvalue weighted by atomic mass is 10.0. The number of halogens is 1. The first-order valence-corrected chi connectivity index (χ1v) is 12.4. The third-order valence-corrected chi connectivity index (χ3v) is 7.28. The van der Waals surface area contributed by atoms with E-state index in [2.05, 4.69) is 15.4 Å². The van der Waals surface area contributed by atoms with E-state index in [0.717, 1.165) is 11.1 Å². The van der Waals surface area contributed by atoms with Crippen molar-refractivity contribution in [2.75, 3.05) is 33.2 Å². The molecule has 0 spiro atoms. The molecule has 2 aromatic rings. The Bertz CT molecular complexity index is 1160. The molecule has 36 heavy (non-hydrogen) atoms. The van der Waals surface area contributed by atoms with E-state index in [9.17, 15) is 19.2 Å². The van der Waals surface area contributed by atoms with Crippen molar-refractivity contribution in [2.24, 2.45) is 0 Å². The van der Waals surface area contributed by atoms with Gasteiger partial charge in [0.25, 0.3) is 0 Å². The predicted molar refractivity (Wildman–Crippen MR) is 137 cm³/mol. The van der Waals surface area contributed by atoms with E-state index < -0.39 is 22.4 Å². The van der Waals surface area contributed by atoms with Gasteiger partial charge in [0.1, 0.15) is 0 Å². The van der Waals surface area contributed by atoms with Gasteiger partial charge in [-0.25, -0.2) is 0 Å². The topological polar surface area (TPSA) is 120 Å². The fraction of sp³-hybridized carbons (Fsp3) is 0.360. The molecule has 2 unspecified atom stereocenters. The predicted octanol–water partition coefficient (Wildman–Crippen LogP) is 3.53. The number of Topliss-reactive ketones (excluding diaryl/α,β-unsaturated/α-hetero) is 1. The summed E-state index contributed by atoms with van der Waals surface area (Å²) in [6.07, 6.45) is -0.262. The first kappa shape index (κ1) is 27.3. The Morgan fingerprint density at radius 2 is 1.83 bits per heavy atom. The van der Waals surface area contributed by atoms with E-state index >= 15 is 0 Å². The van der Waals surface area contributed by atoms with Crippen LogP contribution in [-0.4, -0.2) is 56.7 Å². The van der Waals surface area contributed by atoms with Crippen molar-refractivity contribution in [1.82, 2.24) is 5.32 Å². The number of thioether (sulfide) groups is 1. The molecule has 1 aliphatic rings. The Hall–Kier alpha value is -3.24. The second-order valence-corrected chi connectivity index (χ2v) is 9.65. The number of carbonyl (C=O) groups excluding carboxylic acids is 4. The van der Waals surface area contributed by atoms with Gasteiger partial charge in [-0.05, 0) is 29.8 Å². The highest BCUT2D eigenvalue weighted by atomic mass is 35.5. The summed E-state index contributed by atoms with van der Waals surface area (Å²) in [6, 6.07) is 10.6. The van der Waals surface area contributed by atoms with E-state index in [1.165, 1.54) is 33.1 Å². The van der Waals surface area contributed by atoms with E-state index in [-0.39, 0.29) is 37.5 Å². The van der Waals surface area contributed by atoms with Crippen molar-refractivity contribution in [3.63, 3.8) is 0 Å². The minimum Gasteiger partial charge on any atom is -0.493 e. The molecule has 0 bridgehead atoms. The number of anilines is 1. The molecule has 2 N–H and O–H groups in total. The van der Waals surface area contributed by atoms with Crippen LogP contribution in [0, 0.1) is 0 Å². The summed E-state index contributed by atoms with van der Waals surface area (Å²) < 4.78 is 15.6. The lowest BCUT2D eigenvalue weighted by Crippen LogP contribution is -2.35. The maximum absolute atomic E-state index is 13.1. The van der Waals surface area contributed by atoms with Crippen LogP contribution in [0.3, 0.4) is 0 Å². The molecular formula is C25H27ClN2O7S. The smallest absolute Gasteiger partial charge is 0.305 e. The van der Waals surface area contributed by atoms with Gasteiger partial charge in [0.2, 0.25) is 11.8 Å². The summed E-state index contributed by atoms with van der Waals surface area (Å²) in [6.45, 7) is -0.238. The maximum atomic E-state index is 13.1. The van der Waals surface area contributed by atoms with Gasteiger partial charge < -0.3 is 24.8 Å². The van der Waals surface area contributed by atoms with Crippen LogP contribution in [0.1, 0.15) is 35.6 Å². The van der Waals surface area contributed by atoms with Crippen molar-refractivity contribution >= 4 is 52.6 Å². The second kappa shape index (κ2) is 12.6. The van der Waals surface area contributed by atoms with Crippen LogP contribution in [0.2, 0.25) is 5.02 Å². The number of nitrogens with one attached hydrogen (secondary N) is 2. The van der Waals surface area contributed by atoms with Crippen LogP contribution in [-0.2, 0) is 23.9 Å². The number of fused-ring (bicyclic) bond motifs is 1. The number of amides is 2. The summed E-state index contributed by atoms with van der Waals surface area (Å²) in [4.78, 5) is 48.9. The standard InChI is InChI=1S/C25H27ClN2O7S/c1-33-19-6-4-5-16(23(19)35-3)24-17-11-14(26)7-9-18(17)28-25(32)20(36-24)12-21(30)27-13-15(29)8-10-22(31)34-2/h4-7,9,11,20,24H,8,10,12-13H2,1-3H3,(H,27,30)(H,28,32). The lowest BCUT2D eigenvalue weighted by Gasteiger charge is -2.23. The highest BCUT2D eigenvalue weighted by molar-refractivity contribution is 8.01. The van der Waals surface area contributed by atoms with Crippen LogP contribution in [0.15, 0.2) is 36.4 Å². The number of hydrogen-bond donors (Lipinski definition) is 2. The van der Waals surface area contributed by atoms with Crippen LogP contribution in [0.5, 0.6) is 11.5 Å². The lowest BCUT2D eigenvalue weighted by molar-refractivity contribution is -0.141. The van der Waals surface area contributed by atoms with Crippen LogP contribution < -0.4 is 20.1 Å². The highest BCUT2D eigenvalue weighted by Gasteiger charge is 2.35. The van der Waals surface area contributed by atoms with Crippen molar-refractivity contribution in [1.29, 1.82) is 0 Å². The average molecular weight is 535 g/mol. The number of para-hydroxylation sites is 1. The summed E-state index contributed by atoms with van der Waals surface area (Å²) >= 11 is 7.57. The number of esters is 1. The average Bonchev–Trinajstić information content (AvgIpc) is 3.01. The largest absolute Gasteiger partial charge is 0.493 e. The molecule has 0 radical (unpaired) electrons. The summed E-state index contributed by atoms with van der Waals surface area (Å²) in [7, 11) is 4.31. The van der Waals surface area contributed by atoms with E-state index in [1.54, 1.807) is 24.3 Å². The molecule has 0 saturated heterocycles. The number of hydrogen-bond acceptors (Lipinski definition) is 8. The Morgan fingerprint density at radius 1 is 1.06 bits per heavy atom. The molecule has 2 atom stereocenters. The summed E-state index contributed by atoms with van der Waals surface area (Å²) in [5.74, 6) is -0.582. The third kappa shape index (κ3) is 6.70. The fourth-order valence-corrected chi connectivity index (χ4v) is 5.36. The van der Waals surface area contributed by atoms with Crippen molar-refractivity contribution in [3.8, 4) is 11.5 Å². The van der Waals surface area contributed by atoms with E-state index in [4.69, 9.17) is 21.1 Å². The Kier molecular flexibility index (Phi) is 9.60. The van der Waals surface area contributed by atoms with Gasteiger partial charge in [0.05, 0.1) is 44.8 Å². The Labute approximate surface area is 218 Å². The highest BCUT2D eigenvalue weighted by Crippen LogP contribution is 2.49. The summed E-state index contributed by atoms with van der Waals surface area (Å²) in [5.41, 5.74) is 2.09. The molecule has 192 valence electrons. The molecule has 2 amide bonds. The number of benzene rings is 2. The number of ether oxygens (including phenoxy) is 3. The van der Waals surface area contributed by atoms with Gasteiger partial charge in [-0.2, -0.15) is 0 Å². The number of ketones is 1. The molecule has 0 aromatic heterocycles. The zero-order valence-corrected chi connectivity index (χ0v) is 21.7. The van der Waals surface area contributed by atoms with Gasteiger partial charge >= 0.3 is 5.97 Å². The third-order valence-electron chi connectivity index (χ3n) is 5.55. The number of carbonyl (C=O) groups is 4. The Balaban J connectivity index is 1.83. The van der Waals surface area contributed by atoms with Gasteiger partial charge in [-0.15, -0.1) is 11.8 Å². The van der Waals surface area contributed by atoms with Crippen LogP contribution in [0.4, 0.5) is 5.69 Å². The van der Waals surface area contributed by atoms with Crippen molar-refractivity contribution in [2.45, 2.75) is 29.8 Å². The normalized spacial score (nSPS) is 16.7.